The minimum absolute atomic E-state index is 0. The molecule has 0 N–H and O–H groups in total. The molecule has 45 valence electrons. The van der Waals surface area contributed by atoms with E-state index in [0.29, 0.717) is 0 Å². The van der Waals surface area contributed by atoms with Crippen molar-refractivity contribution in [3.05, 3.63) is 6.57 Å². The third-order valence-electron chi connectivity index (χ3n) is 0. The van der Waals surface area contributed by atoms with E-state index >= 15 is 0 Å². The summed E-state index contributed by atoms with van der Waals surface area (Å²) >= 11 is 3.09. The summed E-state index contributed by atoms with van der Waals surface area (Å²) in [6.45, 7) is 4.75. The summed E-state index contributed by atoms with van der Waals surface area (Å²) in [5.41, 5.74) is 0. The molecule has 0 bridgehead atoms. The molecule has 2 nitrogen and oxygen atoms in total. The Morgan fingerprint density at radius 3 is 1.43 bits per heavy atom. The van der Waals surface area contributed by atoms with Crippen LogP contribution >= 0.6 is 12.6 Å². The van der Waals surface area contributed by atoms with Crippen molar-refractivity contribution >= 4 is 12.6 Å². The van der Waals surface area contributed by atoms with E-state index in [0.717, 1.165) is 0 Å². The third kappa shape index (κ3) is 399. The topological polar surface area (TPSA) is 47.6 Å². The molecule has 0 aromatic rings. The minimum Gasteiger partial charge on any atom is -0.512 e. The minimum atomic E-state index is 0. The molecule has 0 spiro atoms. The summed E-state index contributed by atoms with van der Waals surface area (Å²) in [5, 5.41) is 14.9. The number of nitriles is 1. The first-order chi connectivity index (χ1) is 2.41. The van der Waals surface area contributed by atoms with Crippen molar-refractivity contribution in [3.63, 3.8) is 0 Å². The van der Waals surface area contributed by atoms with Gasteiger partial charge in [0.05, 0.1) is 0 Å². The normalized spacial score (nSPS) is 1.43. The van der Waals surface area contributed by atoms with Gasteiger partial charge in [-0.2, -0.15) is 5.26 Å². The molecule has 1 radical (unpaired) electrons. The van der Waals surface area contributed by atoms with Crippen LogP contribution in [0.1, 0.15) is 0 Å². The maximum Gasteiger partial charge on any atom is 0.130 e. The first-order valence-electron chi connectivity index (χ1n) is 0.671. The maximum atomic E-state index is 7.18. The fraction of sp³-hybridized carbons (Fsp3) is 0. The molecule has 5 heteroatoms. The summed E-state index contributed by atoms with van der Waals surface area (Å²) in [7, 11) is 0. The molecule has 0 saturated carbocycles. The second-order valence-electron chi connectivity index (χ2n) is 0.100. The summed E-state index contributed by atoms with van der Waals surface area (Å²) in [5.74, 6) is 0. The second kappa shape index (κ2) is 81.5. The van der Waals surface area contributed by atoms with E-state index in [2.05, 4.69) is 12.6 Å². The van der Waals surface area contributed by atoms with E-state index in [-0.39, 0.29) is 39.4 Å². The average molecular weight is 249 g/mol. The van der Waals surface area contributed by atoms with Gasteiger partial charge >= 0.3 is 0 Å². The van der Waals surface area contributed by atoms with Crippen molar-refractivity contribution < 1.29 is 39.4 Å². The Bertz CT molecular complexity index is 58.4. The summed E-state index contributed by atoms with van der Waals surface area (Å²) in [4.78, 5) is 0. The zero-order valence-corrected chi connectivity index (χ0v) is 6.48. The molecule has 0 aliphatic heterocycles. The summed E-state index contributed by atoms with van der Waals surface area (Å²) < 4.78 is 0. The zero-order valence-electron chi connectivity index (χ0n) is 3.00. The van der Waals surface area contributed by atoms with Crippen LogP contribution in [0.15, 0.2) is 0 Å². The van der Waals surface area contributed by atoms with Crippen LogP contribution < -0.4 is 0 Å². The fourth-order valence-corrected chi connectivity index (χ4v) is 0. The van der Waals surface area contributed by atoms with Gasteiger partial charge in [-0.15, -0.1) is 0 Å². The molecule has 0 fully saturated rings. The number of nitrogens with zero attached hydrogens (tertiary/aromatic N) is 2. The number of thiol groups is 1. The van der Waals surface area contributed by atoms with Gasteiger partial charge in [-0.25, -0.2) is 0 Å². The molecule has 0 saturated heterocycles. The van der Waals surface area contributed by atoms with Gasteiger partial charge in [0.25, 0.3) is 0 Å². The Hall–Kier alpha value is 0.590. The van der Waals surface area contributed by atoms with Crippen molar-refractivity contribution in [1.29, 1.82) is 10.5 Å². The number of thiocyanates is 1. The first-order valence-corrected chi connectivity index (χ1v) is 1.12. The van der Waals surface area contributed by atoms with Crippen LogP contribution in [0.5, 0.6) is 0 Å². The van der Waals surface area contributed by atoms with Gasteiger partial charge in [-0.05, 0) is 0 Å². The van der Waals surface area contributed by atoms with Gasteiger partial charge in [0, 0.05) is 39.4 Å². The fourth-order valence-electron chi connectivity index (χ4n) is 0. The molecule has 0 heterocycles. The Balaban J connectivity index is -0.0000000105. The van der Waals surface area contributed by atoms with Crippen LogP contribution in [0, 0.1) is 22.5 Å². The molecule has 0 aliphatic rings. The van der Waals surface area contributed by atoms with Crippen LogP contribution in [0.3, 0.4) is 0 Å². The van der Waals surface area contributed by atoms with Crippen molar-refractivity contribution in [2.24, 2.45) is 0 Å². The maximum absolute atomic E-state index is 7.18. The van der Waals surface area contributed by atoms with Crippen LogP contribution in [-0.4, -0.2) is 0 Å². The molecule has 7 heavy (non-hydrogen) atoms. The van der Waals surface area contributed by atoms with Crippen molar-refractivity contribution in [1.82, 2.24) is 0 Å². The zero-order chi connectivity index (χ0) is 4.71. The Morgan fingerprint density at radius 2 is 1.43 bits per heavy atom. The molecule has 0 aromatic heterocycles. The number of rotatable bonds is 0. The number of hydrogen-bond donors (Lipinski definition) is 1. The quantitative estimate of drug-likeness (QED) is 0.294. The summed E-state index contributed by atoms with van der Waals surface area (Å²) in [6.07, 6.45) is 0. The standard InChI is InChI=1S/CHNS.CN.Ag.Fe/c2-1-3;1-2;;/h3H;;;/q;-1;;. The van der Waals surface area contributed by atoms with Crippen LogP contribution in [0.4, 0.5) is 0 Å². The Morgan fingerprint density at radius 1 is 1.43 bits per heavy atom. The van der Waals surface area contributed by atoms with Crippen LogP contribution in [0.25, 0.3) is 0 Å². The predicted molar refractivity (Wildman–Crippen MR) is 19.6 cm³/mol. The largest absolute Gasteiger partial charge is 0.512 e. The van der Waals surface area contributed by atoms with E-state index in [1.165, 1.54) is 5.40 Å². The monoisotopic (exact) mass is 248 g/mol. The molecular formula is C2HAgFeN2S-. The van der Waals surface area contributed by atoms with E-state index < -0.39 is 0 Å². The van der Waals surface area contributed by atoms with Gasteiger partial charge in [-0.3, -0.25) is 0 Å². The Kier molecular flexibility index (Phi) is 298. The van der Waals surface area contributed by atoms with Crippen molar-refractivity contribution in [3.8, 4) is 5.40 Å². The van der Waals surface area contributed by atoms with Crippen molar-refractivity contribution in [2.75, 3.05) is 0 Å². The molecule has 0 atom stereocenters. The molecule has 0 aromatic carbocycles. The van der Waals surface area contributed by atoms with E-state index in [4.69, 9.17) is 17.1 Å². The van der Waals surface area contributed by atoms with Gasteiger partial charge in [0.15, 0.2) is 0 Å². The molecule has 0 aliphatic carbocycles. The van der Waals surface area contributed by atoms with Crippen molar-refractivity contribution in [2.45, 2.75) is 0 Å². The van der Waals surface area contributed by atoms with Crippen LogP contribution in [0.2, 0.25) is 0 Å². The van der Waals surface area contributed by atoms with Gasteiger partial charge < -0.3 is 11.8 Å². The van der Waals surface area contributed by atoms with Crippen LogP contribution in [-0.2, 0) is 39.4 Å². The molecule has 0 amide bonds. The van der Waals surface area contributed by atoms with Gasteiger partial charge in [0.1, 0.15) is 5.40 Å². The SMILES string of the molecule is N#CS.[Ag].[C-]#N.[Fe]. The van der Waals surface area contributed by atoms with E-state index in [9.17, 15) is 0 Å². The number of hydrogen-bond acceptors (Lipinski definition) is 3. The summed E-state index contributed by atoms with van der Waals surface area (Å²) in [6, 6.07) is 0. The second-order valence-corrected chi connectivity index (χ2v) is 0.300. The Labute approximate surface area is 74.3 Å². The first kappa shape index (κ1) is 25.6. The average Bonchev–Trinajstić information content (AvgIpc) is 1.46. The smallest absolute Gasteiger partial charge is 0.130 e. The van der Waals surface area contributed by atoms with Gasteiger partial charge in [-0.1, -0.05) is 12.6 Å². The molecular weight excluding hydrogens is 248 g/mol. The van der Waals surface area contributed by atoms with E-state index in [1.807, 2.05) is 0 Å². The third-order valence-corrected chi connectivity index (χ3v) is 0. The van der Waals surface area contributed by atoms with Gasteiger partial charge in [0.2, 0.25) is 0 Å². The molecule has 0 rings (SSSR count). The predicted octanol–water partition coefficient (Wildman–Crippen LogP) is 0.489. The molecule has 0 unspecified atom stereocenters. The van der Waals surface area contributed by atoms with E-state index in [1.54, 1.807) is 0 Å².